The number of furan rings is 1. The van der Waals surface area contributed by atoms with Gasteiger partial charge in [0.1, 0.15) is 24.2 Å². The second-order valence-electron chi connectivity index (χ2n) is 6.93. The molecule has 2 N–H and O–H groups in total. The van der Waals surface area contributed by atoms with E-state index in [1.54, 1.807) is 0 Å². The molecular formula is C21H29N2O3+. The molecule has 1 aromatic heterocycles. The first-order valence-electron chi connectivity index (χ1n) is 9.51. The van der Waals surface area contributed by atoms with Crippen LogP contribution in [0, 0.1) is 6.92 Å². The summed E-state index contributed by atoms with van der Waals surface area (Å²) < 4.78 is 11.3. The lowest BCUT2D eigenvalue weighted by molar-refractivity contribution is -0.650. The van der Waals surface area contributed by atoms with Crippen molar-refractivity contribution in [2.24, 2.45) is 0 Å². The van der Waals surface area contributed by atoms with E-state index in [0.717, 1.165) is 43.9 Å². The van der Waals surface area contributed by atoms with Gasteiger partial charge in [0.25, 0.3) is 5.91 Å². The lowest BCUT2D eigenvalue weighted by Crippen LogP contribution is -2.88. The standard InChI is InChI=1S/C21H28N2O3/c1-17-9-10-20(26-17)16-23(12-11-18-6-3-2-4-7-18)21(24)15-22-14-19-8-5-13-25-19/h2-4,6-7,9-10,19,22H,5,8,11-16H2,1H3/p+1/t19-/m1/s1. The van der Waals surface area contributed by atoms with Crippen LogP contribution in [0.2, 0.25) is 0 Å². The van der Waals surface area contributed by atoms with Crippen LogP contribution in [-0.4, -0.2) is 43.2 Å². The summed E-state index contributed by atoms with van der Waals surface area (Å²) >= 11 is 0. The van der Waals surface area contributed by atoms with Crippen molar-refractivity contribution >= 4 is 5.91 Å². The van der Waals surface area contributed by atoms with Crippen molar-refractivity contribution in [3.8, 4) is 0 Å². The van der Waals surface area contributed by atoms with Crippen LogP contribution in [0.4, 0.5) is 0 Å². The van der Waals surface area contributed by atoms with Gasteiger partial charge in [-0.05, 0) is 43.9 Å². The smallest absolute Gasteiger partial charge is 0.278 e. The maximum Gasteiger partial charge on any atom is 0.278 e. The van der Waals surface area contributed by atoms with Crippen molar-refractivity contribution in [3.63, 3.8) is 0 Å². The molecule has 3 rings (SSSR count). The van der Waals surface area contributed by atoms with Gasteiger partial charge in [-0.3, -0.25) is 4.79 Å². The summed E-state index contributed by atoms with van der Waals surface area (Å²) in [7, 11) is 0. The first-order chi connectivity index (χ1) is 12.7. The number of amides is 1. The Morgan fingerprint density at radius 1 is 1.23 bits per heavy atom. The summed E-state index contributed by atoms with van der Waals surface area (Å²) in [5, 5.41) is 2.07. The molecule has 5 nitrogen and oxygen atoms in total. The van der Waals surface area contributed by atoms with Crippen molar-refractivity contribution in [3.05, 3.63) is 59.5 Å². The Kier molecular flexibility index (Phi) is 6.86. The molecule has 1 aliphatic heterocycles. The zero-order chi connectivity index (χ0) is 18.2. The van der Waals surface area contributed by atoms with Gasteiger partial charge in [0.05, 0.1) is 6.54 Å². The molecule has 140 valence electrons. The maximum atomic E-state index is 12.8. The number of quaternary nitrogens is 1. The molecule has 26 heavy (non-hydrogen) atoms. The van der Waals surface area contributed by atoms with E-state index in [1.165, 1.54) is 5.56 Å². The summed E-state index contributed by atoms with van der Waals surface area (Å²) in [6.07, 6.45) is 3.38. The van der Waals surface area contributed by atoms with Gasteiger partial charge in [0, 0.05) is 13.2 Å². The molecule has 0 radical (unpaired) electrons. The molecule has 1 aliphatic rings. The lowest BCUT2D eigenvalue weighted by atomic mass is 10.1. The molecule has 0 unspecified atom stereocenters. The third-order valence-corrected chi connectivity index (χ3v) is 4.78. The second kappa shape index (κ2) is 9.55. The summed E-state index contributed by atoms with van der Waals surface area (Å²) in [6, 6.07) is 14.2. The summed E-state index contributed by atoms with van der Waals surface area (Å²) in [4.78, 5) is 14.7. The van der Waals surface area contributed by atoms with Gasteiger partial charge in [0.15, 0.2) is 6.54 Å². The Hall–Kier alpha value is -2.11. The molecule has 1 amide bonds. The summed E-state index contributed by atoms with van der Waals surface area (Å²) in [5.74, 6) is 1.86. The fourth-order valence-electron chi connectivity index (χ4n) is 3.31. The molecule has 1 aromatic carbocycles. The van der Waals surface area contributed by atoms with E-state index in [0.29, 0.717) is 25.7 Å². The van der Waals surface area contributed by atoms with Crippen molar-refractivity contribution in [2.75, 3.05) is 26.2 Å². The molecule has 5 heteroatoms. The largest absolute Gasteiger partial charge is 0.464 e. The van der Waals surface area contributed by atoms with E-state index < -0.39 is 0 Å². The Labute approximate surface area is 155 Å². The van der Waals surface area contributed by atoms with E-state index in [1.807, 2.05) is 42.2 Å². The molecule has 1 fully saturated rings. The van der Waals surface area contributed by atoms with E-state index >= 15 is 0 Å². The highest BCUT2D eigenvalue weighted by Gasteiger charge is 2.20. The highest BCUT2D eigenvalue weighted by Crippen LogP contribution is 2.11. The van der Waals surface area contributed by atoms with Gasteiger partial charge in [-0.2, -0.15) is 0 Å². The number of carbonyl (C=O) groups excluding carboxylic acids is 1. The summed E-state index contributed by atoms with van der Waals surface area (Å²) in [6.45, 7) is 5.30. The van der Waals surface area contributed by atoms with Crippen LogP contribution in [0.5, 0.6) is 0 Å². The van der Waals surface area contributed by atoms with E-state index in [-0.39, 0.29) is 5.91 Å². The minimum Gasteiger partial charge on any atom is -0.464 e. The highest BCUT2D eigenvalue weighted by atomic mass is 16.5. The minimum absolute atomic E-state index is 0.146. The first-order valence-corrected chi connectivity index (χ1v) is 9.51. The predicted octanol–water partition coefficient (Wildman–Crippen LogP) is 1.90. The number of carbonyl (C=O) groups is 1. The molecule has 0 aliphatic carbocycles. The van der Waals surface area contributed by atoms with E-state index in [9.17, 15) is 4.79 Å². The van der Waals surface area contributed by atoms with Crippen LogP contribution >= 0.6 is 0 Å². The molecule has 0 bridgehead atoms. The molecule has 0 saturated carbocycles. The molecule has 1 saturated heterocycles. The van der Waals surface area contributed by atoms with Crippen molar-refractivity contribution in [1.29, 1.82) is 0 Å². The molecule has 0 spiro atoms. The van der Waals surface area contributed by atoms with Crippen molar-refractivity contribution in [1.82, 2.24) is 4.90 Å². The maximum absolute atomic E-state index is 12.8. The van der Waals surface area contributed by atoms with Crippen LogP contribution in [0.25, 0.3) is 0 Å². The summed E-state index contributed by atoms with van der Waals surface area (Å²) in [5.41, 5.74) is 1.24. The third kappa shape index (κ3) is 5.71. The van der Waals surface area contributed by atoms with Crippen LogP contribution in [0.1, 0.15) is 29.9 Å². The van der Waals surface area contributed by atoms with Gasteiger partial charge < -0.3 is 19.4 Å². The SMILES string of the molecule is Cc1ccc(CN(CCc2ccccc2)C(=O)C[NH2+]C[C@H]2CCCO2)o1. The number of hydrogen-bond donors (Lipinski definition) is 1. The number of rotatable bonds is 9. The first kappa shape index (κ1) is 18.7. The average Bonchev–Trinajstić information content (AvgIpc) is 3.31. The number of nitrogens with zero attached hydrogens (tertiary/aromatic N) is 1. The molecule has 2 aromatic rings. The highest BCUT2D eigenvalue weighted by molar-refractivity contribution is 5.76. The zero-order valence-electron chi connectivity index (χ0n) is 15.5. The Bertz CT molecular complexity index is 678. The molecule has 2 heterocycles. The quantitative estimate of drug-likeness (QED) is 0.746. The van der Waals surface area contributed by atoms with Crippen molar-refractivity contribution in [2.45, 2.75) is 38.8 Å². The Balaban J connectivity index is 1.54. The number of aryl methyl sites for hydroxylation is 1. The Morgan fingerprint density at radius 2 is 2.08 bits per heavy atom. The van der Waals surface area contributed by atoms with Crippen LogP contribution in [-0.2, 0) is 22.5 Å². The molecule has 1 atom stereocenters. The van der Waals surface area contributed by atoms with E-state index in [4.69, 9.17) is 9.15 Å². The fourth-order valence-corrected chi connectivity index (χ4v) is 3.31. The van der Waals surface area contributed by atoms with Gasteiger partial charge in [-0.1, -0.05) is 30.3 Å². The topological polar surface area (TPSA) is 59.3 Å². The predicted molar refractivity (Wildman–Crippen MR) is 99.6 cm³/mol. The average molecular weight is 357 g/mol. The molecular weight excluding hydrogens is 328 g/mol. The van der Waals surface area contributed by atoms with Crippen LogP contribution in [0.15, 0.2) is 46.9 Å². The fraction of sp³-hybridized carbons (Fsp3) is 0.476. The second-order valence-corrected chi connectivity index (χ2v) is 6.93. The third-order valence-electron chi connectivity index (χ3n) is 4.78. The van der Waals surface area contributed by atoms with Gasteiger partial charge in [-0.25, -0.2) is 0 Å². The number of benzene rings is 1. The zero-order valence-corrected chi connectivity index (χ0v) is 15.5. The van der Waals surface area contributed by atoms with Crippen molar-refractivity contribution < 1.29 is 19.3 Å². The van der Waals surface area contributed by atoms with Gasteiger partial charge in [-0.15, -0.1) is 0 Å². The van der Waals surface area contributed by atoms with E-state index in [2.05, 4.69) is 17.4 Å². The van der Waals surface area contributed by atoms with Gasteiger partial charge >= 0.3 is 0 Å². The van der Waals surface area contributed by atoms with Crippen LogP contribution in [0.3, 0.4) is 0 Å². The normalized spacial score (nSPS) is 16.7. The monoisotopic (exact) mass is 357 g/mol. The van der Waals surface area contributed by atoms with Gasteiger partial charge in [0.2, 0.25) is 0 Å². The number of nitrogens with two attached hydrogens (primary N) is 1. The number of ether oxygens (including phenoxy) is 1. The minimum atomic E-state index is 0.146. The number of hydrogen-bond acceptors (Lipinski definition) is 3. The lowest BCUT2D eigenvalue weighted by Gasteiger charge is -2.21. The Morgan fingerprint density at radius 3 is 2.77 bits per heavy atom. The van der Waals surface area contributed by atoms with Crippen LogP contribution < -0.4 is 5.32 Å².